The van der Waals surface area contributed by atoms with Gasteiger partial charge in [-0.05, 0) is 39.2 Å². The maximum atomic E-state index is 11.4. The molecule has 3 nitrogen and oxygen atoms in total. The second kappa shape index (κ2) is 6.50. The molecule has 2 saturated heterocycles. The number of hydrogen-bond acceptors (Lipinski definition) is 3. The Balaban J connectivity index is 1.99. The van der Waals surface area contributed by atoms with Crippen molar-refractivity contribution >= 4 is 5.78 Å². The molecule has 0 aliphatic carbocycles. The van der Waals surface area contributed by atoms with Crippen LogP contribution in [0.2, 0.25) is 0 Å². The molecule has 2 aliphatic heterocycles. The summed E-state index contributed by atoms with van der Waals surface area (Å²) in [5, 5.41) is 0. The first-order chi connectivity index (χ1) is 8.27. The molecule has 1 unspecified atom stereocenters. The number of hydrogen-bond donors (Lipinski definition) is 0. The predicted octanol–water partition coefficient (Wildman–Crippen LogP) is 2.39. The van der Waals surface area contributed by atoms with Crippen LogP contribution in [0.5, 0.6) is 0 Å². The third-order valence-corrected chi connectivity index (χ3v) is 4.11. The Labute approximate surface area is 105 Å². The molecule has 0 spiro atoms. The highest BCUT2D eigenvalue weighted by molar-refractivity contribution is 5.76. The van der Waals surface area contributed by atoms with E-state index in [9.17, 15) is 4.79 Å². The van der Waals surface area contributed by atoms with Crippen LogP contribution in [0.1, 0.15) is 51.9 Å². The molecule has 2 aliphatic rings. The first-order valence-corrected chi connectivity index (χ1v) is 7.10. The van der Waals surface area contributed by atoms with Gasteiger partial charge in [0.2, 0.25) is 0 Å². The molecular weight excluding hydrogens is 214 g/mol. The van der Waals surface area contributed by atoms with Gasteiger partial charge >= 0.3 is 0 Å². The van der Waals surface area contributed by atoms with Gasteiger partial charge in [0.1, 0.15) is 5.78 Å². The number of Topliss-reactive ketones (excluding diaryl/α,β-unsaturated/α-hetero) is 1. The quantitative estimate of drug-likeness (QED) is 0.757. The van der Waals surface area contributed by atoms with Crippen LogP contribution in [-0.4, -0.2) is 42.5 Å². The van der Waals surface area contributed by atoms with Crippen LogP contribution in [0, 0.1) is 0 Å². The Hall–Kier alpha value is -0.410. The summed E-state index contributed by atoms with van der Waals surface area (Å²) in [5.41, 5.74) is 0. The van der Waals surface area contributed by atoms with Crippen LogP contribution in [0.4, 0.5) is 0 Å². The normalized spacial score (nSPS) is 28.9. The second-order valence-corrected chi connectivity index (χ2v) is 5.49. The minimum atomic E-state index is 0.342. The van der Waals surface area contributed by atoms with E-state index in [1.54, 1.807) is 6.92 Å². The Morgan fingerprint density at radius 1 is 1.18 bits per heavy atom. The fraction of sp³-hybridized carbons (Fsp3) is 0.929. The monoisotopic (exact) mass is 239 g/mol. The summed E-state index contributed by atoms with van der Waals surface area (Å²) in [4.78, 5) is 14.0. The molecule has 0 N–H and O–H groups in total. The SMILES string of the molecule is CC(=O)CC1CCCCCN1C1CCOCC1. The standard InChI is InChI=1S/C14H25NO2/c1-12(16)11-14-5-3-2-4-8-15(14)13-6-9-17-10-7-13/h13-14H,2-11H2,1H3. The van der Waals surface area contributed by atoms with Gasteiger partial charge in [-0.1, -0.05) is 12.8 Å². The zero-order valence-corrected chi connectivity index (χ0v) is 11.0. The summed E-state index contributed by atoms with van der Waals surface area (Å²) in [6.07, 6.45) is 8.16. The maximum Gasteiger partial charge on any atom is 0.131 e. The molecule has 2 heterocycles. The van der Waals surface area contributed by atoms with Crippen molar-refractivity contribution < 1.29 is 9.53 Å². The van der Waals surface area contributed by atoms with Crippen LogP contribution in [-0.2, 0) is 9.53 Å². The highest BCUT2D eigenvalue weighted by Crippen LogP contribution is 2.25. The average molecular weight is 239 g/mol. The van der Waals surface area contributed by atoms with Gasteiger partial charge in [-0.15, -0.1) is 0 Å². The molecule has 0 aromatic rings. The number of rotatable bonds is 3. The first-order valence-electron chi connectivity index (χ1n) is 7.10. The van der Waals surface area contributed by atoms with E-state index in [1.807, 2.05) is 0 Å². The van der Waals surface area contributed by atoms with Gasteiger partial charge < -0.3 is 4.74 Å². The lowest BCUT2D eigenvalue weighted by Gasteiger charge is -2.38. The summed E-state index contributed by atoms with van der Waals surface area (Å²) in [5.74, 6) is 0.342. The Kier molecular flexibility index (Phi) is 4.99. The number of ether oxygens (including phenoxy) is 1. The largest absolute Gasteiger partial charge is 0.381 e. The Morgan fingerprint density at radius 2 is 1.94 bits per heavy atom. The maximum absolute atomic E-state index is 11.4. The Bertz CT molecular complexity index is 249. The number of likely N-dealkylation sites (tertiary alicyclic amines) is 1. The van der Waals surface area contributed by atoms with E-state index >= 15 is 0 Å². The van der Waals surface area contributed by atoms with E-state index in [1.165, 1.54) is 32.2 Å². The zero-order chi connectivity index (χ0) is 12.1. The van der Waals surface area contributed by atoms with Crippen molar-refractivity contribution in [3.63, 3.8) is 0 Å². The number of ketones is 1. The van der Waals surface area contributed by atoms with E-state index in [0.29, 0.717) is 17.9 Å². The third kappa shape index (κ3) is 3.78. The highest BCUT2D eigenvalue weighted by atomic mass is 16.5. The fourth-order valence-electron chi connectivity index (χ4n) is 3.25. The number of nitrogens with zero attached hydrogens (tertiary/aromatic N) is 1. The number of carbonyl (C=O) groups is 1. The highest BCUT2D eigenvalue weighted by Gasteiger charge is 2.29. The molecule has 17 heavy (non-hydrogen) atoms. The van der Waals surface area contributed by atoms with Gasteiger partial charge in [0, 0.05) is 31.7 Å². The molecule has 1 atom stereocenters. The second-order valence-electron chi connectivity index (χ2n) is 5.49. The Morgan fingerprint density at radius 3 is 2.65 bits per heavy atom. The van der Waals surface area contributed by atoms with Gasteiger partial charge in [-0.25, -0.2) is 0 Å². The lowest BCUT2D eigenvalue weighted by Crippen LogP contribution is -2.46. The van der Waals surface area contributed by atoms with E-state index in [4.69, 9.17) is 4.74 Å². The topological polar surface area (TPSA) is 29.5 Å². The molecule has 0 saturated carbocycles. The minimum absolute atomic E-state index is 0.342. The fourth-order valence-corrected chi connectivity index (χ4v) is 3.25. The summed E-state index contributed by atoms with van der Waals surface area (Å²) >= 11 is 0. The van der Waals surface area contributed by atoms with Gasteiger partial charge in [-0.2, -0.15) is 0 Å². The van der Waals surface area contributed by atoms with Crippen molar-refractivity contribution in [2.75, 3.05) is 19.8 Å². The van der Waals surface area contributed by atoms with E-state index < -0.39 is 0 Å². The molecule has 3 heteroatoms. The minimum Gasteiger partial charge on any atom is -0.381 e. The predicted molar refractivity (Wildman–Crippen MR) is 68.1 cm³/mol. The molecule has 0 amide bonds. The molecule has 2 rings (SSSR count). The van der Waals surface area contributed by atoms with Crippen LogP contribution in [0.15, 0.2) is 0 Å². The van der Waals surface area contributed by atoms with Crippen molar-refractivity contribution in [1.82, 2.24) is 4.90 Å². The van der Waals surface area contributed by atoms with Crippen molar-refractivity contribution in [3.05, 3.63) is 0 Å². The number of carbonyl (C=O) groups excluding carboxylic acids is 1. The molecular formula is C14H25NO2. The summed E-state index contributed by atoms with van der Waals surface area (Å²) in [7, 11) is 0. The van der Waals surface area contributed by atoms with E-state index in [0.717, 1.165) is 32.5 Å². The van der Waals surface area contributed by atoms with Gasteiger partial charge in [0.25, 0.3) is 0 Å². The van der Waals surface area contributed by atoms with E-state index in [2.05, 4.69) is 4.90 Å². The van der Waals surface area contributed by atoms with Crippen molar-refractivity contribution in [3.8, 4) is 0 Å². The summed E-state index contributed by atoms with van der Waals surface area (Å²) in [6, 6.07) is 1.16. The van der Waals surface area contributed by atoms with Crippen LogP contribution in [0.25, 0.3) is 0 Å². The van der Waals surface area contributed by atoms with E-state index in [-0.39, 0.29) is 0 Å². The lowest BCUT2D eigenvalue weighted by molar-refractivity contribution is -0.118. The molecule has 0 aromatic heterocycles. The van der Waals surface area contributed by atoms with Crippen molar-refractivity contribution in [2.45, 2.75) is 64.0 Å². The van der Waals surface area contributed by atoms with Crippen LogP contribution in [0.3, 0.4) is 0 Å². The molecule has 0 aromatic carbocycles. The summed E-state index contributed by atoms with van der Waals surface area (Å²) in [6.45, 7) is 4.71. The zero-order valence-electron chi connectivity index (χ0n) is 11.0. The van der Waals surface area contributed by atoms with Crippen LogP contribution >= 0.6 is 0 Å². The molecule has 2 fully saturated rings. The van der Waals surface area contributed by atoms with Gasteiger partial charge in [0.05, 0.1) is 0 Å². The van der Waals surface area contributed by atoms with Crippen molar-refractivity contribution in [2.24, 2.45) is 0 Å². The molecule has 98 valence electrons. The average Bonchev–Trinajstić information content (AvgIpc) is 2.55. The molecule has 0 bridgehead atoms. The van der Waals surface area contributed by atoms with Crippen molar-refractivity contribution in [1.29, 1.82) is 0 Å². The van der Waals surface area contributed by atoms with Crippen LogP contribution < -0.4 is 0 Å². The lowest BCUT2D eigenvalue weighted by atomic mass is 9.99. The first kappa shape index (κ1) is 13.0. The summed E-state index contributed by atoms with van der Waals surface area (Å²) < 4.78 is 5.44. The smallest absolute Gasteiger partial charge is 0.131 e. The third-order valence-electron chi connectivity index (χ3n) is 4.11. The van der Waals surface area contributed by atoms with Gasteiger partial charge in [-0.3, -0.25) is 9.69 Å². The molecule has 0 radical (unpaired) electrons. The van der Waals surface area contributed by atoms with Gasteiger partial charge in [0.15, 0.2) is 0 Å².